The fraction of sp³-hybridized carbons (Fsp3) is 0.304. The number of morpholine rings is 1. The van der Waals surface area contributed by atoms with E-state index < -0.39 is 16.7 Å². The Morgan fingerprint density at radius 1 is 1.09 bits per heavy atom. The quantitative estimate of drug-likeness (QED) is 0.307. The molecule has 0 aliphatic carbocycles. The number of ketones is 1. The third-order valence-corrected chi connectivity index (χ3v) is 5.89. The lowest BCUT2D eigenvalue weighted by atomic mass is 9.98. The molecule has 1 fully saturated rings. The third-order valence-electron chi connectivity index (χ3n) is 5.41. The van der Waals surface area contributed by atoms with E-state index in [9.17, 15) is 17.6 Å². The van der Waals surface area contributed by atoms with Crippen molar-refractivity contribution in [2.75, 3.05) is 37.7 Å². The number of anilines is 1. The van der Waals surface area contributed by atoms with Crippen LogP contribution in [0.4, 0.5) is 10.1 Å². The van der Waals surface area contributed by atoms with Crippen LogP contribution in [0.1, 0.15) is 27.9 Å². The standard InChI is InChI=1S/C23H24FN3O4S/c24-20-11-16(2-1-5-26-32(29)30)10-19(13-20)23(28)17-3-4-22-18(12-17)14-21(15-25-22)27-6-8-31-9-7-27/h3-4,10-15,32H,1-2,5-9H2,(H,26,29,30). The number of fused-ring (bicyclic) bond motifs is 1. The molecule has 7 nitrogen and oxygen atoms in total. The zero-order valence-corrected chi connectivity index (χ0v) is 18.3. The molecule has 0 saturated carbocycles. The van der Waals surface area contributed by atoms with Gasteiger partial charge < -0.3 is 9.64 Å². The van der Waals surface area contributed by atoms with Crippen molar-refractivity contribution in [1.29, 1.82) is 0 Å². The number of hydrogen-bond donors (Lipinski definition) is 2. The number of rotatable bonds is 8. The van der Waals surface area contributed by atoms with Crippen molar-refractivity contribution in [2.24, 2.45) is 0 Å². The molecular weight excluding hydrogens is 433 g/mol. The molecule has 1 N–H and O–H groups in total. The lowest BCUT2D eigenvalue weighted by Crippen LogP contribution is -2.36. The molecule has 1 aliphatic heterocycles. The van der Waals surface area contributed by atoms with Crippen molar-refractivity contribution >= 4 is 33.3 Å². The number of benzene rings is 2. The Labute approximate surface area is 187 Å². The number of nitrogens with zero attached hydrogens (tertiary/aromatic N) is 2. The van der Waals surface area contributed by atoms with E-state index in [0.29, 0.717) is 37.2 Å². The van der Waals surface area contributed by atoms with Gasteiger partial charge in [-0.15, -0.1) is 0 Å². The molecule has 4 rings (SSSR count). The van der Waals surface area contributed by atoms with Crippen LogP contribution in [0, 0.1) is 5.82 Å². The Hall–Kier alpha value is -2.88. The Morgan fingerprint density at radius 3 is 2.69 bits per heavy atom. The van der Waals surface area contributed by atoms with E-state index in [4.69, 9.17) is 4.74 Å². The zero-order chi connectivity index (χ0) is 22.5. The molecule has 1 aliphatic rings. The van der Waals surface area contributed by atoms with Gasteiger partial charge in [-0.2, -0.15) is 0 Å². The highest BCUT2D eigenvalue weighted by molar-refractivity contribution is 7.70. The fourth-order valence-electron chi connectivity index (χ4n) is 3.81. The van der Waals surface area contributed by atoms with Gasteiger partial charge in [-0.1, -0.05) is 0 Å². The molecule has 0 spiro atoms. The molecule has 9 heteroatoms. The van der Waals surface area contributed by atoms with Crippen molar-refractivity contribution < 1.29 is 22.3 Å². The maximum Gasteiger partial charge on any atom is 0.201 e. The molecule has 0 unspecified atom stereocenters. The monoisotopic (exact) mass is 457 g/mol. The predicted molar refractivity (Wildman–Crippen MR) is 121 cm³/mol. The second-order valence-electron chi connectivity index (χ2n) is 7.65. The van der Waals surface area contributed by atoms with Crippen LogP contribution >= 0.6 is 0 Å². The summed E-state index contributed by atoms with van der Waals surface area (Å²) in [6.45, 7) is 3.19. The van der Waals surface area contributed by atoms with Gasteiger partial charge in [-0.05, 0) is 60.9 Å². The Morgan fingerprint density at radius 2 is 1.91 bits per heavy atom. The zero-order valence-electron chi connectivity index (χ0n) is 17.4. The molecule has 2 aromatic carbocycles. The van der Waals surface area contributed by atoms with Gasteiger partial charge in [-0.25, -0.2) is 17.5 Å². The molecular formula is C23H24FN3O4S. The van der Waals surface area contributed by atoms with Gasteiger partial charge in [0.25, 0.3) is 0 Å². The first-order valence-corrected chi connectivity index (χ1v) is 11.6. The van der Waals surface area contributed by atoms with Gasteiger partial charge in [0, 0.05) is 36.1 Å². The molecule has 2 heterocycles. The van der Waals surface area contributed by atoms with E-state index in [2.05, 4.69) is 14.6 Å². The maximum atomic E-state index is 14.2. The number of aryl methyl sites for hydroxylation is 1. The molecule has 168 valence electrons. The second kappa shape index (κ2) is 10.2. The molecule has 1 aromatic heterocycles. The minimum absolute atomic E-state index is 0.263. The topological polar surface area (TPSA) is 88.6 Å². The normalized spacial score (nSPS) is 14.2. The largest absolute Gasteiger partial charge is 0.378 e. The van der Waals surface area contributed by atoms with Crippen LogP contribution in [0.3, 0.4) is 0 Å². The van der Waals surface area contributed by atoms with Gasteiger partial charge >= 0.3 is 0 Å². The van der Waals surface area contributed by atoms with Gasteiger partial charge in [0.05, 0.1) is 30.6 Å². The average Bonchev–Trinajstić information content (AvgIpc) is 2.81. The van der Waals surface area contributed by atoms with E-state index in [0.717, 1.165) is 29.7 Å². The second-order valence-corrected chi connectivity index (χ2v) is 8.48. The molecule has 0 radical (unpaired) electrons. The highest BCUT2D eigenvalue weighted by Crippen LogP contribution is 2.23. The highest BCUT2D eigenvalue weighted by Gasteiger charge is 2.15. The number of carbonyl (C=O) groups is 1. The fourth-order valence-corrected chi connectivity index (χ4v) is 4.15. The van der Waals surface area contributed by atoms with E-state index >= 15 is 0 Å². The minimum Gasteiger partial charge on any atom is -0.378 e. The van der Waals surface area contributed by atoms with Crippen LogP contribution < -0.4 is 9.62 Å². The first-order valence-electron chi connectivity index (χ1n) is 10.4. The number of pyridine rings is 1. The number of halogens is 1. The van der Waals surface area contributed by atoms with Crippen LogP contribution in [0.5, 0.6) is 0 Å². The number of ether oxygens (including phenoxy) is 1. The number of thiol groups is 1. The van der Waals surface area contributed by atoms with E-state index in [-0.39, 0.29) is 17.9 Å². The van der Waals surface area contributed by atoms with Crippen molar-refractivity contribution in [2.45, 2.75) is 12.8 Å². The van der Waals surface area contributed by atoms with E-state index in [1.807, 2.05) is 12.3 Å². The third kappa shape index (κ3) is 5.48. The SMILES string of the molecule is O=C(c1cc(F)cc(CCCN[SH](=O)=O)c1)c1ccc2ncc(N3CCOCC3)cc2c1. The van der Waals surface area contributed by atoms with Crippen molar-refractivity contribution in [3.63, 3.8) is 0 Å². The highest BCUT2D eigenvalue weighted by atomic mass is 32.2. The molecule has 3 aromatic rings. The van der Waals surface area contributed by atoms with Crippen molar-refractivity contribution in [3.8, 4) is 0 Å². The molecule has 0 atom stereocenters. The van der Waals surface area contributed by atoms with Gasteiger partial charge in [0.1, 0.15) is 5.82 Å². The average molecular weight is 458 g/mol. The summed E-state index contributed by atoms with van der Waals surface area (Å²) in [7, 11) is -2.65. The van der Waals surface area contributed by atoms with Crippen molar-refractivity contribution in [1.82, 2.24) is 9.71 Å². The van der Waals surface area contributed by atoms with Crippen LogP contribution in [0.25, 0.3) is 10.9 Å². The lowest BCUT2D eigenvalue weighted by Gasteiger charge is -2.28. The summed E-state index contributed by atoms with van der Waals surface area (Å²) in [5, 5.41) is 0.842. The molecule has 0 amide bonds. The maximum absolute atomic E-state index is 14.2. The molecule has 1 saturated heterocycles. The molecule has 0 bridgehead atoms. The van der Waals surface area contributed by atoms with Crippen LogP contribution in [-0.4, -0.2) is 52.0 Å². The Kier molecular flexibility index (Phi) is 7.09. The molecule has 32 heavy (non-hydrogen) atoms. The van der Waals surface area contributed by atoms with Crippen LogP contribution in [0.15, 0.2) is 48.7 Å². The van der Waals surface area contributed by atoms with Gasteiger partial charge in [0.15, 0.2) is 5.78 Å². The summed E-state index contributed by atoms with van der Waals surface area (Å²) in [4.78, 5) is 19.8. The number of carbonyl (C=O) groups excluding carboxylic acids is 1. The summed E-state index contributed by atoms with van der Waals surface area (Å²) in [5.41, 5.74) is 3.13. The van der Waals surface area contributed by atoms with Gasteiger partial charge in [0.2, 0.25) is 10.9 Å². The van der Waals surface area contributed by atoms with E-state index in [1.165, 1.54) is 12.1 Å². The summed E-state index contributed by atoms with van der Waals surface area (Å²) in [5.74, 6) is -0.768. The first kappa shape index (κ1) is 22.3. The minimum atomic E-state index is -2.65. The van der Waals surface area contributed by atoms with E-state index in [1.54, 1.807) is 24.3 Å². The summed E-state index contributed by atoms with van der Waals surface area (Å²) in [6, 6.07) is 11.5. The van der Waals surface area contributed by atoms with Gasteiger partial charge in [-0.3, -0.25) is 9.78 Å². The predicted octanol–water partition coefficient (Wildman–Crippen LogP) is 2.49. The Bertz CT molecular complexity index is 1200. The number of hydrogen-bond acceptors (Lipinski definition) is 6. The van der Waals surface area contributed by atoms with Crippen molar-refractivity contribution in [3.05, 3.63) is 71.2 Å². The number of aromatic nitrogens is 1. The number of nitrogens with one attached hydrogen (secondary N) is 1. The smallest absolute Gasteiger partial charge is 0.201 e. The summed E-state index contributed by atoms with van der Waals surface area (Å²) >= 11 is 0. The summed E-state index contributed by atoms with van der Waals surface area (Å²) in [6.07, 6.45) is 2.79. The Balaban J connectivity index is 1.55. The summed E-state index contributed by atoms with van der Waals surface area (Å²) < 4.78 is 43.0. The van der Waals surface area contributed by atoms with Crippen LogP contribution in [-0.2, 0) is 22.0 Å². The van der Waals surface area contributed by atoms with Crippen LogP contribution in [0.2, 0.25) is 0 Å². The lowest BCUT2D eigenvalue weighted by molar-refractivity contribution is 0.103. The first-order chi connectivity index (χ1) is 15.5.